The molecule has 2 rings (SSSR count). The number of hydrogen-bond donors (Lipinski definition) is 3. The lowest BCUT2D eigenvalue weighted by atomic mass is 9.94. The van der Waals surface area contributed by atoms with Crippen LogP contribution in [0, 0.1) is 11.2 Å². The molecule has 0 aliphatic heterocycles. The van der Waals surface area contributed by atoms with Gasteiger partial charge in [0, 0.05) is 18.8 Å². The van der Waals surface area contributed by atoms with E-state index in [4.69, 9.17) is 16.2 Å². The molecule has 27 heavy (non-hydrogen) atoms. The fraction of sp³-hybridized carbons (Fsp3) is 0.316. The molecule has 0 aliphatic carbocycles. The minimum absolute atomic E-state index is 0.0809. The highest BCUT2D eigenvalue weighted by atomic mass is 19.1. The van der Waals surface area contributed by atoms with E-state index in [-0.39, 0.29) is 22.5 Å². The van der Waals surface area contributed by atoms with Crippen LogP contribution < -0.4 is 21.5 Å². The first-order valence-corrected chi connectivity index (χ1v) is 8.33. The molecule has 0 aliphatic rings. The third-order valence-electron chi connectivity index (χ3n) is 3.61. The Balaban J connectivity index is 2.22. The summed E-state index contributed by atoms with van der Waals surface area (Å²) in [6.07, 6.45) is 1.43. The highest BCUT2D eigenvalue weighted by Gasteiger charge is 2.28. The normalized spacial score (nSPS) is 12.3. The average Bonchev–Trinajstić information content (AvgIpc) is 2.55. The number of anilines is 1. The van der Waals surface area contributed by atoms with E-state index in [0.29, 0.717) is 12.3 Å². The van der Waals surface area contributed by atoms with Crippen LogP contribution >= 0.6 is 0 Å². The van der Waals surface area contributed by atoms with Gasteiger partial charge in [0.15, 0.2) is 11.6 Å². The van der Waals surface area contributed by atoms with Crippen molar-refractivity contribution in [2.75, 3.05) is 12.3 Å². The number of benzene rings is 1. The van der Waals surface area contributed by atoms with Gasteiger partial charge in [-0.05, 0) is 29.2 Å². The van der Waals surface area contributed by atoms with Crippen LogP contribution in [0.2, 0.25) is 0 Å². The maximum absolute atomic E-state index is 14.4. The Kier molecular flexibility index (Phi) is 5.99. The second-order valence-corrected chi connectivity index (χ2v) is 7.32. The van der Waals surface area contributed by atoms with Crippen LogP contribution in [0.3, 0.4) is 0 Å². The molecule has 1 aromatic heterocycles. The van der Waals surface area contributed by atoms with Crippen LogP contribution in [0.4, 0.5) is 10.2 Å². The lowest BCUT2D eigenvalue weighted by molar-refractivity contribution is -0.130. The molecule has 0 radical (unpaired) electrons. The number of carbonyl (C=O) groups is 2. The molecule has 144 valence electrons. The Morgan fingerprint density at radius 2 is 1.96 bits per heavy atom. The van der Waals surface area contributed by atoms with Crippen LogP contribution in [0.15, 0.2) is 36.5 Å². The standard InChI is InChI=1S/C19H23FN4O3/c1-19(2,3)10-24-18(26)16(17(22)25)11-4-5-14(13(20)8-11)27-12-6-7-23-15(21)9-12/h4-9,16H,10H2,1-3H3,(H2,21,23)(H2,22,25)(H,24,26). The van der Waals surface area contributed by atoms with Gasteiger partial charge in [0.1, 0.15) is 17.5 Å². The number of aromatic nitrogens is 1. The van der Waals surface area contributed by atoms with Gasteiger partial charge >= 0.3 is 0 Å². The van der Waals surface area contributed by atoms with Gasteiger partial charge in [0.2, 0.25) is 11.8 Å². The zero-order chi connectivity index (χ0) is 20.2. The molecule has 0 saturated carbocycles. The summed E-state index contributed by atoms with van der Waals surface area (Å²) in [4.78, 5) is 28.0. The summed E-state index contributed by atoms with van der Waals surface area (Å²) in [5.74, 6) is -3.02. The Labute approximate surface area is 156 Å². The van der Waals surface area contributed by atoms with Gasteiger partial charge in [-0.1, -0.05) is 26.8 Å². The van der Waals surface area contributed by atoms with Crippen molar-refractivity contribution in [1.82, 2.24) is 10.3 Å². The summed E-state index contributed by atoms with van der Waals surface area (Å²) in [6, 6.07) is 6.78. The Morgan fingerprint density at radius 3 is 2.52 bits per heavy atom. The summed E-state index contributed by atoms with van der Waals surface area (Å²) in [6.45, 7) is 6.15. The van der Waals surface area contributed by atoms with E-state index in [0.717, 1.165) is 6.07 Å². The number of rotatable bonds is 6. The van der Waals surface area contributed by atoms with Crippen molar-refractivity contribution in [1.29, 1.82) is 0 Å². The highest BCUT2D eigenvalue weighted by molar-refractivity contribution is 6.05. The number of nitrogens with one attached hydrogen (secondary N) is 1. The second-order valence-electron chi connectivity index (χ2n) is 7.32. The molecule has 2 amide bonds. The number of nitrogen functional groups attached to an aromatic ring is 1. The predicted molar refractivity (Wildman–Crippen MR) is 99.5 cm³/mol. The van der Waals surface area contributed by atoms with E-state index in [2.05, 4.69) is 10.3 Å². The summed E-state index contributed by atoms with van der Waals surface area (Å²) in [5.41, 5.74) is 10.9. The number of amides is 2. The molecule has 0 fully saturated rings. The van der Waals surface area contributed by atoms with E-state index >= 15 is 0 Å². The van der Waals surface area contributed by atoms with Crippen LogP contribution in [0.25, 0.3) is 0 Å². The van der Waals surface area contributed by atoms with Gasteiger partial charge in [-0.2, -0.15) is 0 Å². The molecular formula is C19H23FN4O3. The monoisotopic (exact) mass is 374 g/mol. The average molecular weight is 374 g/mol. The molecule has 2 aromatic rings. The smallest absolute Gasteiger partial charge is 0.237 e. The molecule has 0 saturated heterocycles. The van der Waals surface area contributed by atoms with Gasteiger partial charge in [0.25, 0.3) is 0 Å². The zero-order valence-corrected chi connectivity index (χ0v) is 15.5. The zero-order valence-electron chi connectivity index (χ0n) is 15.5. The lowest BCUT2D eigenvalue weighted by Crippen LogP contribution is -2.40. The maximum Gasteiger partial charge on any atom is 0.237 e. The van der Waals surface area contributed by atoms with E-state index in [1.807, 2.05) is 20.8 Å². The molecule has 7 nitrogen and oxygen atoms in total. The Bertz CT molecular complexity index is 849. The molecule has 1 aromatic carbocycles. The number of primary amides is 1. The largest absolute Gasteiger partial charge is 0.454 e. The van der Waals surface area contributed by atoms with Gasteiger partial charge in [0.05, 0.1) is 0 Å². The number of ether oxygens (including phenoxy) is 1. The molecular weight excluding hydrogens is 351 g/mol. The van der Waals surface area contributed by atoms with E-state index in [1.165, 1.54) is 30.5 Å². The first-order chi connectivity index (χ1) is 12.6. The van der Waals surface area contributed by atoms with E-state index in [9.17, 15) is 14.0 Å². The summed E-state index contributed by atoms with van der Waals surface area (Å²) >= 11 is 0. The number of nitrogens with zero attached hydrogens (tertiary/aromatic N) is 1. The molecule has 1 atom stereocenters. The maximum atomic E-state index is 14.4. The van der Waals surface area contributed by atoms with Crippen LogP contribution in [-0.2, 0) is 9.59 Å². The Hall–Kier alpha value is -3.16. The first-order valence-electron chi connectivity index (χ1n) is 8.33. The fourth-order valence-electron chi connectivity index (χ4n) is 2.30. The second kappa shape index (κ2) is 8.03. The summed E-state index contributed by atoms with van der Waals surface area (Å²) < 4.78 is 19.9. The molecule has 0 bridgehead atoms. The van der Waals surface area contributed by atoms with Gasteiger partial charge in [-0.15, -0.1) is 0 Å². The van der Waals surface area contributed by atoms with Crippen molar-refractivity contribution in [3.05, 3.63) is 47.9 Å². The minimum atomic E-state index is -1.30. The lowest BCUT2D eigenvalue weighted by Gasteiger charge is -2.21. The van der Waals surface area contributed by atoms with E-state index < -0.39 is 23.5 Å². The Morgan fingerprint density at radius 1 is 1.26 bits per heavy atom. The van der Waals surface area contributed by atoms with Crippen molar-refractivity contribution >= 4 is 17.6 Å². The number of nitrogens with two attached hydrogens (primary N) is 2. The first kappa shape index (κ1) is 20.2. The van der Waals surface area contributed by atoms with Gasteiger partial charge in [-0.3, -0.25) is 9.59 Å². The molecule has 0 spiro atoms. The van der Waals surface area contributed by atoms with Crippen molar-refractivity contribution in [2.24, 2.45) is 11.1 Å². The molecule has 5 N–H and O–H groups in total. The highest BCUT2D eigenvalue weighted by Crippen LogP contribution is 2.28. The van der Waals surface area contributed by atoms with Crippen molar-refractivity contribution in [3.8, 4) is 11.5 Å². The quantitative estimate of drug-likeness (QED) is 0.670. The number of pyridine rings is 1. The third-order valence-corrected chi connectivity index (χ3v) is 3.61. The SMILES string of the molecule is CC(C)(C)CNC(=O)C(C(N)=O)c1ccc(Oc2ccnc(N)c2)c(F)c1. The predicted octanol–water partition coefficient (Wildman–Crippen LogP) is 2.33. The molecule has 8 heteroatoms. The molecule has 1 unspecified atom stereocenters. The summed E-state index contributed by atoms with van der Waals surface area (Å²) in [5, 5.41) is 2.67. The van der Waals surface area contributed by atoms with Gasteiger partial charge in [-0.25, -0.2) is 9.37 Å². The van der Waals surface area contributed by atoms with E-state index in [1.54, 1.807) is 0 Å². The van der Waals surface area contributed by atoms with Crippen LogP contribution in [0.5, 0.6) is 11.5 Å². The minimum Gasteiger partial charge on any atom is -0.454 e. The van der Waals surface area contributed by atoms with Crippen LogP contribution in [0.1, 0.15) is 32.3 Å². The van der Waals surface area contributed by atoms with Crippen molar-refractivity contribution in [3.63, 3.8) is 0 Å². The molecule has 1 heterocycles. The fourth-order valence-corrected chi connectivity index (χ4v) is 2.30. The van der Waals surface area contributed by atoms with Crippen LogP contribution in [-0.4, -0.2) is 23.3 Å². The van der Waals surface area contributed by atoms with Crippen molar-refractivity contribution < 1.29 is 18.7 Å². The van der Waals surface area contributed by atoms with Crippen molar-refractivity contribution in [2.45, 2.75) is 26.7 Å². The summed E-state index contributed by atoms with van der Waals surface area (Å²) in [7, 11) is 0. The third kappa shape index (κ3) is 5.67. The topological polar surface area (TPSA) is 120 Å². The number of halogens is 1. The number of hydrogen-bond acceptors (Lipinski definition) is 5. The number of carbonyl (C=O) groups excluding carboxylic acids is 2. The van der Waals surface area contributed by atoms with Gasteiger partial charge < -0.3 is 21.5 Å².